The van der Waals surface area contributed by atoms with Crippen molar-refractivity contribution in [3.63, 3.8) is 0 Å². The molecular weight excluding hydrogens is 266 g/mol. The lowest BCUT2D eigenvalue weighted by atomic mass is 9.97. The van der Waals surface area contributed by atoms with Gasteiger partial charge in [-0.1, -0.05) is 6.07 Å². The lowest BCUT2D eigenvalue weighted by Crippen LogP contribution is -2.40. The lowest BCUT2D eigenvalue weighted by molar-refractivity contribution is -0.137. The first-order chi connectivity index (χ1) is 10.1. The van der Waals surface area contributed by atoms with Crippen molar-refractivity contribution in [2.24, 2.45) is 5.92 Å². The van der Waals surface area contributed by atoms with Crippen LogP contribution < -0.4 is 0 Å². The summed E-state index contributed by atoms with van der Waals surface area (Å²) >= 11 is 0. The minimum Gasteiger partial charge on any atom is -0.481 e. The quantitative estimate of drug-likeness (QED) is 0.828. The van der Waals surface area contributed by atoms with Crippen molar-refractivity contribution >= 4 is 5.97 Å². The molecule has 1 aliphatic heterocycles. The van der Waals surface area contributed by atoms with Gasteiger partial charge in [-0.15, -0.1) is 0 Å². The molecule has 21 heavy (non-hydrogen) atoms. The second-order valence-corrected chi connectivity index (χ2v) is 6.01. The van der Waals surface area contributed by atoms with Crippen molar-refractivity contribution in [1.29, 1.82) is 0 Å². The van der Waals surface area contributed by atoms with Crippen LogP contribution in [0.3, 0.4) is 0 Å². The maximum absolute atomic E-state index is 10.7. The first-order valence-corrected chi connectivity index (χ1v) is 7.65. The highest BCUT2D eigenvalue weighted by Crippen LogP contribution is 2.18. The Kier molecular flexibility index (Phi) is 6.14. The number of nitrogens with zero attached hydrogens (tertiary/aromatic N) is 3. The largest absolute Gasteiger partial charge is 0.481 e. The molecule has 2 rings (SSSR count). The van der Waals surface area contributed by atoms with Gasteiger partial charge in [0, 0.05) is 38.6 Å². The van der Waals surface area contributed by atoms with Crippen molar-refractivity contribution < 1.29 is 9.90 Å². The molecular formula is C16H25N3O2. The number of rotatable bonds is 7. The maximum atomic E-state index is 10.7. The Morgan fingerprint density at radius 1 is 1.57 bits per heavy atom. The number of hydrogen-bond donors (Lipinski definition) is 1. The lowest BCUT2D eigenvalue weighted by Gasteiger charge is -2.34. The summed E-state index contributed by atoms with van der Waals surface area (Å²) < 4.78 is 0. The number of piperidine rings is 1. The van der Waals surface area contributed by atoms with Gasteiger partial charge in [0.25, 0.3) is 0 Å². The number of aliphatic carboxylic acids is 1. The van der Waals surface area contributed by atoms with Crippen molar-refractivity contribution in [2.75, 3.05) is 33.2 Å². The number of carboxylic acids is 1. The molecule has 0 spiro atoms. The molecule has 1 atom stereocenters. The van der Waals surface area contributed by atoms with Gasteiger partial charge in [-0.25, -0.2) is 0 Å². The molecule has 0 aromatic carbocycles. The van der Waals surface area contributed by atoms with Crippen LogP contribution in [-0.4, -0.2) is 59.1 Å². The van der Waals surface area contributed by atoms with Crippen molar-refractivity contribution in [3.05, 3.63) is 30.1 Å². The Hall–Kier alpha value is -1.46. The fourth-order valence-corrected chi connectivity index (χ4v) is 3.07. The van der Waals surface area contributed by atoms with E-state index in [1.54, 1.807) is 6.20 Å². The number of pyridine rings is 1. The number of hydrogen-bond acceptors (Lipinski definition) is 4. The van der Waals surface area contributed by atoms with Crippen LogP contribution >= 0.6 is 0 Å². The Bertz CT molecular complexity index is 438. The topological polar surface area (TPSA) is 56.7 Å². The molecule has 5 heteroatoms. The van der Waals surface area contributed by atoms with E-state index in [4.69, 9.17) is 5.11 Å². The van der Waals surface area contributed by atoms with E-state index in [-0.39, 0.29) is 6.42 Å². The molecule has 1 aromatic heterocycles. The second-order valence-electron chi connectivity index (χ2n) is 6.01. The molecule has 5 nitrogen and oxygen atoms in total. The van der Waals surface area contributed by atoms with Crippen LogP contribution in [0.4, 0.5) is 0 Å². The number of likely N-dealkylation sites (tertiary alicyclic amines) is 1. The average molecular weight is 291 g/mol. The molecule has 0 unspecified atom stereocenters. The number of carbonyl (C=O) groups is 1. The fraction of sp³-hybridized carbons (Fsp3) is 0.625. The first kappa shape index (κ1) is 15.9. The van der Waals surface area contributed by atoms with Gasteiger partial charge in [-0.2, -0.15) is 0 Å². The van der Waals surface area contributed by atoms with Crippen LogP contribution in [0.25, 0.3) is 0 Å². The molecule has 1 fully saturated rings. The zero-order valence-electron chi connectivity index (χ0n) is 12.7. The molecule has 0 amide bonds. The van der Waals surface area contributed by atoms with Gasteiger partial charge >= 0.3 is 5.97 Å². The Labute approximate surface area is 126 Å². The Morgan fingerprint density at radius 3 is 3.14 bits per heavy atom. The van der Waals surface area contributed by atoms with Gasteiger partial charge in [-0.05, 0) is 44.0 Å². The Morgan fingerprint density at radius 2 is 2.43 bits per heavy atom. The van der Waals surface area contributed by atoms with Crippen LogP contribution in [0, 0.1) is 5.92 Å². The van der Waals surface area contributed by atoms with E-state index < -0.39 is 5.97 Å². The van der Waals surface area contributed by atoms with Crippen molar-refractivity contribution in [3.8, 4) is 0 Å². The van der Waals surface area contributed by atoms with E-state index in [0.29, 0.717) is 12.5 Å². The van der Waals surface area contributed by atoms with Gasteiger partial charge in [0.15, 0.2) is 0 Å². The molecule has 1 aromatic rings. The highest BCUT2D eigenvalue weighted by molar-refractivity contribution is 5.66. The molecule has 1 aliphatic rings. The van der Waals surface area contributed by atoms with Gasteiger partial charge in [0.05, 0.1) is 6.42 Å². The maximum Gasteiger partial charge on any atom is 0.304 e. The zero-order valence-corrected chi connectivity index (χ0v) is 12.7. The summed E-state index contributed by atoms with van der Waals surface area (Å²) in [5.74, 6) is -0.0694. The molecule has 1 N–H and O–H groups in total. The summed E-state index contributed by atoms with van der Waals surface area (Å²) in [6.45, 7) is 4.71. The van der Waals surface area contributed by atoms with Crippen molar-refractivity contribution in [2.45, 2.75) is 25.8 Å². The van der Waals surface area contributed by atoms with Gasteiger partial charge in [0.2, 0.25) is 0 Å². The van der Waals surface area contributed by atoms with Crippen LogP contribution in [0.5, 0.6) is 0 Å². The van der Waals surface area contributed by atoms with E-state index in [1.165, 1.54) is 18.4 Å². The standard InChI is InChI=1S/C16H25N3O2/c1-18(11-14-4-2-7-17-10-14)12-15-5-3-8-19(13-15)9-6-16(20)21/h2,4,7,10,15H,3,5-6,8-9,11-13H2,1H3,(H,20,21)/t15-/m1/s1. The van der Waals surface area contributed by atoms with E-state index in [1.807, 2.05) is 12.3 Å². The first-order valence-electron chi connectivity index (χ1n) is 7.65. The third-order valence-electron chi connectivity index (χ3n) is 3.99. The molecule has 2 heterocycles. The molecule has 1 saturated heterocycles. The SMILES string of the molecule is CN(Cc1cccnc1)C[C@H]1CCCN(CCC(=O)O)C1. The zero-order chi connectivity index (χ0) is 15.1. The monoisotopic (exact) mass is 291 g/mol. The molecule has 0 bridgehead atoms. The number of carboxylic acid groups (broad SMARTS) is 1. The van der Waals surface area contributed by atoms with E-state index in [2.05, 4.69) is 27.9 Å². The predicted octanol–water partition coefficient (Wildman–Crippen LogP) is 1.70. The van der Waals surface area contributed by atoms with Crippen LogP contribution in [0.2, 0.25) is 0 Å². The van der Waals surface area contributed by atoms with Crippen molar-refractivity contribution in [1.82, 2.24) is 14.8 Å². The third kappa shape index (κ3) is 5.81. The van der Waals surface area contributed by atoms with E-state index >= 15 is 0 Å². The number of aromatic nitrogens is 1. The fourth-order valence-electron chi connectivity index (χ4n) is 3.07. The van der Waals surface area contributed by atoms with Gasteiger partial charge in [-0.3, -0.25) is 9.78 Å². The summed E-state index contributed by atoms with van der Waals surface area (Å²) in [6, 6.07) is 4.07. The Balaban J connectivity index is 1.75. The average Bonchev–Trinajstić information content (AvgIpc) is 2.46. The van der Waals surface area contributed by atoms with Crippen LogP contribution in [0.1, 0.15) is 24.8 Å². The van der Waals surface area contributed by atoms with Gasteiger partial charge in [0.1, 0.15) is 0 Å². The minimum atomic E-state index is -0.703. The summed E-state index contributed by atoms with van der Waals surface area (Å²) in [5, 5.41) is 8.78. The highest BCUT2D eigenvalue weighted by Gasteiger charge is 2.21. The summed E-state index contributed by atoms with van der Waals surface area (Å²) in [6.07, 6.45) is 6.37. The minimum absolute atomic E-state index is 0.248. The molecule has 0 aliphatic carbocycles. The smallest absolute Gasteiger partial charge is 0.304 e. The van der Waals surface area contributed by atoms with Crippen LogP contribution in [-0.2, 0) is 11.3 Å². The molecule has 116 valence electrons. The van der Waals surface area contributed by atoms with Gasteiger partial charge < -0.3 is 14.9 Å². The van der Waals surface area contributed by atoms with E-state index in [0.717, 1.165) is 26.2 Å². The van der Waals surface area contributed by atoms with E-state index in [9.17, 15) is 4.79 Å². The normalized spacial score (nSPS) is 19.8. The summed E-state index contributed by atoms with van der Waals surface area (Å²) in [7, 11) is 2.14. The summed E-state index contributed by atoms with van der Waals surface area (Å²) in [4.78, 5) is 19.4. The second kappa shape index (κ2) is 8.10. The predicted molar refractivity (Wildman–Crippen MR) is 82.0 cm³/mol. The summed E-state index contributed by atoms with van der Waals surface area (Å²) in [5.41, 5.74) is 1.23. The highest BCUT2D eigenvalue weighted by atomic mass is 16.4. The molecule has 0 radical (unpaired) electrons. The van der Waals surface area contributed by atoms with Crippen LogP contribution in [0.15, 0.2) is 24.5 Å². The molecule has 0 saturated carbocycles. The third-order valence-corrected chi connectivity index (χ3v) is 3.99.